The second-order valence-electron chi connectivity index (χ2n) is 11.3. The molecule has 0 saturated carbocycles. The van der Waals surface area contributed by atoms with Gasteiger partial charge in [0.1, 0.15) is 0 Å². The van der Waals surface area contributed by atoms with Crippen molar-refractivity contribution in [2.75, 3.05) is 26.6 Å². The summed E-state index contributed by atoms with van der Waals surface area (Å²) in [5.41, 5.74) is 1.25. The average Bonchev–Trinajstić information content (AvgIpc) is 2.95. The molecular weight excluding hydrogens is 499 g/mol. The third kappa shape index (κ3) is 11.0. The zero-order valence-electron chi connectivity index (χ0n) is 20.8. The van der Waals surface area contributed by atoms with Gasteiger partial charge in [-0.1, -0.05) is 19.6 Å². The van der Waals surface area contributed by atoms with E-state index in [0.29, 0.717) is 31.8 Å². The molecule has 0 N–H and O–H groups in total. The molecule has 1 saturated heterocycles. The van der Waals surface area contributed by atoms with E-state index in [1.54, 1.807) is 0 Å². The van der Waals surface area contributed by atoms with Crippen molar-refractivity contribution in [3.05, 3.63) is 21.8 Å². The van der Waals surface area contributed by atoms with Gasteiger partial charge < -0.3 is 4.74 Å². The molecule has 1 rings (SSSR count). The molecule has 1 fully saturated rings. The molecule has 0 aromatic rings. The Morgan fingerprint density at radius 1 is 1.30 bits per heavy atom. The van der Waals surface area contributed by atoms with E-state index >= 15 is 0 Å². The molecule has 6 heteroatoms. The molecule has 1 aliphatic rings. The number of carbonyl (C=O) groups excluding carboxylic acids is 1. The van der Waals surface area contributed by atoms with Gasteiger partial charge in [0.25, 0.3) is 0 Å². The van der Waals surface area contributed by atoms with Gasteiger partial charge in [-0.3, -0.25) is 0 Å². The van der Waals surface area contributed by atoms with Crippen LogP contribution in [0.1, 0.15) is 33.1 Å². The first-order valence-electron chi connectivity index (χ1n) is 11.5. The fourth-order valence-corrected chi connectivity index (χ4v) is 8.10. The van der Waals surface area contributed by atoms with Crippen LogP contribution in [0.15, 0.2) is 21.8 Å². The molecule has 0 unspecified atom stereocenters. The zero-order valence-corrected chi connectivity index (χ0v) is 24.7. The van der Waals surface area contributed by atoms with E-state index in [1.807, 2.05) is 0 Å². The average molecular weight is 545 g/mol. The van der Waals surface area contributed by atoms with E-state index in [-0.39, 0.29) is 11.9 Å². The molecule has 1 aliphatic heterocycles. The standard InChI is InChI=1S/C21H37O4Si.3CH3.Sn/c1-7-20-19(15-25-21(20)22)13-17(2)9-8-10-18(3)14-24-16-23-11-12-26(4,5)6;;;;/h10,17,19-20H,1,8-9,11-16H2,2-6H3;3*1H3;/b18-10+;;;;/t17-,19+,20+;;;;/m0..../s1. The number of hydrogen-bond acceptors (Lipinski definition) is 4. The first-order valence-corrected chi connectivity index (χ1v) is 25.2. The van der Waals surface area contributed by atoms with Gasteiger partial charge in [0.05, 0.1) is 0 Å². The molecule has 0 spiro atoms. The number of hydrogen-bond donors (Lipinski definition) is 0. The van der Waals surface area contributed by atoms with Crippen molar-refractivity contribution in [1.29, 1.82) is 0 Å². The molecule has 0 bridgehead atoms. The molecule has 1 heterocycles. The molecule has 0 aromatic heterocycles. The second-order valence-corrected chi connectivity index (χ2v) is 31.6. The van der Waals surface area contributed by atoms with E-state index in [2.05, 4.69) is 61.0 Å². The van der Waals surface area contributed by atoms with Crippen molar-refractivity contribution in [3.63, 3.8) is 0 Å². The Balaban J connectivity index is 2.30. The Morgan fingerprint density at radius 3 is 2.57 bits per heavy atom. The molecular formula is C24H46O4SiSn. The number of esters is 1. The van der Waals surface area contributed by atoms with Gasteiger partial charge in [-0.25, -0.2) is 0 Å². The molecule has 0 aliphatic carbocycles. The van der Waals surface area contributed by atoms with Gasteiger partial charge in [0, 0.05) is 14.7 Å². The normalized spacial score (nSPS) is 21.6. The van der Waals surface area contributed by atoms with Crippen LogP contribution < -0.4 is 0 Å². The van der Waals surface area contributed by atoms with Gasteiger partial charge >= 0.3 is 146 Å². The van der Waals surface area contributed by atoms with E-state index in [9.17, 15) is 4.79 Å². The van der Waals surface area contributed by atoms with Crippen LogP contribution in [0.3, 0.4) is 0 Å². The van der Waals surface area contributed by atoms with E-state index in [1.165, 1.54) is 15.2 Å². The van der Waals surface area contributed by atoms with E-state index in [4.69, 9.17) is 14.2 Å². The number of ether oxygens (including phenoxy) is 3. The summed E-state index contributed by atoms with van der Waals surface area (Å²) in [6.07, 6.45) is 5.47. The summed E-state index contributed by atoms with van der Waals surface area (Å²) in [5, 5.41) is 0. The van der Waals surface area contributed by atoms with Crippen LogP contribution in [0.25, 0.3) is 0 Å². The number of allylic oxidation sites excluding steroid dienone is 1. The van der Waals surface area contributed by atoms with E-state index < -0.39 is 26.5 Å². The summed E-state index contributed by atoms with van der Waals surface area (Å²) in [6, 6.07) is 1.17. The van der Waals surface area contributed by atoms with Crippen LogP contribution in [0, 0.1) is 17.8 Å². The number of cyclic esters (lactones) is 1. The van der Waals surface area contributed by atoms with Gasteiger partial charge in [-0.05, 0) is 6.04 Å². The summed E-state index contributed by atoms with van der Waals surface area (Å²) in [7, 11) is -1.03. The van der Waals surface area contributed by atoms with Gasteiger partial charge in [-0.2, -0.15) is 0 Å². The first-order chi connectivity index (χ1) is 13.8. The van der Waals surface area contributed by atoms with Crippen LogP contribution in [-0.4, -0.2) is 59.0 Å². The Hall–Kier alpha value is -0.114. The maximum atomic E-state index is 12.3. The van der Waals surface area contributed by atoms with E-state index in [0.717, 1.165) is 25.9 Å². The minimum atomic E-state index is -2.32. The fraction of sp³-hybridized carbons (Fsp3) is 0.792. The maximum absolute atomic E-state index is 12.3. The Morgan fingerprint density at radius 2 is 1.97 bits per heavy atom. The molecule has 0 amide bonds. The summed E-state index contributed by atoms with van der Waals surface area (Å²) in [4.78, 5) is 19.3. The zero-order chi connectivity index (χ0) is 22.9. The molecule has 0 aromatic carbocycles. The SMILES string of the molecule is C=[C]([C@H]1C(=O)OC[C@H]1C[C@@H](C)CC/C=C(\C)COCOCC[Si](C)(C)C)[Sn]([CH3])([CH3])[CH3]. The predicted octanol–water partition coefficient (Wildman–Crippen LogP) is 6.29. The topological polar surface area (TPSA) is 44.8 Å². The Bertz CT molecular complexity index is 589. The fourth-order valence-electron chi connectivity index (χ4n) is 3.67. The van der Waals surface area contributed by atoms with Crippen molar-refractivity contribution in [2.45, 2.75) is 73.6 Å². The number of carbonyl (C=O) groups is 1. The summed E-state index contributed by atoms with van der Waals surface area (Å²) < 4.78 is 17.8. The minimum absolute atomic E-state index is 0.0382. The van der Waals surface area contributed by atoms with Crippen molar-refractivity contribution >= 4 is 32.4 Å². The van der Waals surface area contributed by atoms with Crippen LogP contribution in [0.5, 0.6) is 0 Å². The van der Waals surface area contributed by atoms with Crippen LogP contribution in [0.4, 0.5) is 0 Å². The van der Waals surface area contributed by atoms with Gasteiger partial charge in [-0.15, -0.1) is 0 Å². The molecule has 0 radical (unpaired) electrons. The third-order valence-corrected chi connectivity index (χ3v) is 13.9. The summed E-state index contributed by atoms with van der Waals surface area (Å²) >= 11 is -2.32. The predicted molar refractivity (Wildman–Crippen MR) is 132 cm³/mol. The third-order valence-electron chi connectivity index (χ3n) is 5.85. The van der Waals surface area contributed by atoms with Gasteiger partial charge in [0.15, 0.2) is 0 Å². The van der Waals surface area contributed by atoms with Crippen molar-refractivity contribution in [2.24, 2.45) is 17.8 Å². The second kappa shape index (κ2) is 12.8. The summed E-state index contributed by atoms with van der Waals surface area (Å²) in [5.74, 6) is 0.765. The molecule has 4 nitrogen and oxygen atoms in total. The monoisotopic (exact) mass is 546 g/mol. The molecule has 3 atom stereocenters. The quantitative estimate of drug-likeness (QED) is 0.0847. The Labute approximate surface area is 190 Å². The first kappa shape index (κ1) is 27.9. The van der Waals surface area contributed by atoms with Crippen molar-refractivity contribution in [3.8, 4) is 0 Å². The number of rotatable bonds is 14. The van der Waals surface area contributed by atoms with Crippen molar-refractivity contribution < 1.29 is 19.0 Å². The van der Waals surface area contributed by atoms with Crippen molar-refractivity contribution in [1.82, 2.24) is 0 Å². The molecule has 30 heavy (non-hydrogen) atoms. The van der Waals surface area contributed by atoms with Crippen LogP contribution >= 0.6 is 0 Å². The molecule has 174 valence electrons. The summed E-state index contributed by atoms with van der Waals surface area (Å²) in [6.45, 7) is 18.2. The van der Waals surface area contributed by atoms with Crippen LogP contribution in [-0.2, 0) is 19.0 Å². The van der Waals surface area contributed by atoms with Crippen LogP contribution in [0.2, 0.25) is 40.5 Å². The Kier molecular flexibility index (Phi) is 11.9. The van der Waals surface area contributed by atoms with Gasteiger partial charge in [0.2, 0.25) is 0 Å².